The molecule has 7 heteroatoms. The summed E-state index contributed by atoms with van der Waals surface area (Å²) in [7, 11) is 0. The highest BCUT2D eigenvalue weighted by atomic mass is 19.1. The monoisotopic (exact) mass is 276 g/mol. The molecule has 1 heterocycles. The Morgan fingerprint density at radius 1 is 1.40 bits per heavy atom. The summed E-state index contributed by atoms with van der Waals surface area (Å²) >= 11 is 0. The molecule has 20 heavy (non-hydrogen) atoms. The van der Waals surface area contributed by atoms with Gasteiger partial charge in [-0.05, 0) is 30.7 Å². The number of benzene rings is 1. The first-order valence-corrected chi connectivity index (χ1v) is 5.90. The van der Waals surface area contributed by atoms with Crippen molar-refractivity contribution in [3.8, 4) is 0 Å². The second-order valence-electron chi connectivity index (χ2n) is 4.28. The lowest BCUT2D eigenvalue weighted by Crippen LogP contribution is -2.10. The van der Waals surface area contributed by atoms with E-state index in [1.54, 1.807) is 19.1 Å². The molecule has 1 aromatic carbocycles. The van der Waals surface area contributed by atoms with Crippen LogP contribution in [0.4, 0.5) is 21.7 Å². The number of pyridine rings is 1. The maximum atomic E-state index is 13.2. The number of hydrogen-bond donors (Lipinski definition) is 2. The maximum absolute atomic E-state index is 13.2. The topological polar surface area (TPSA) is 94.1 Å². The number of rotatable bonds is 4. The molecule has 0 aliphatic heterocycles. The van der Waals surface area contributed by atoms with E-state index < -0.39 is 4.92 Å². The van der Waals surface area contributed by atoms with Gasteiger partial charge in [0.15, 0.2) is 0 Å². The van der Waals surface area contributed by atoms with E-state index in [9.17, 15) is 14.5 Å². The molecule has 0 aliphatic rings. The molecular formula is C13H13FN4O2. The van der Waals surface area contributed by atoms with E-state index in [0.717, 1.165) is 0 Å². The third kappa shape index (κ3) is 3.00. The molecule has 0 fully saturated rings. The second-order valence-corrected chi connectivity index (χ2v) is 4.28. The Hall–Kier alpha value is -2.70. The molecule has 0 saturated heterocycles. The molecule has 3 N–H and O–H groups in total. The molecule has 1 atom stereocenters. The highest BCUT2D eigenvalue weighted by Crippen LogP contribution is 2.27. The highest BCUT2D eigenvalue weighted by Gasteiger charge is 2.18. The zero-order valence-electron chi connectivity index (χ0n) is 10.7. The van der Waals surface area contributed by atoms with Crippen LogP contribution in [0, 0.1) is 15.9 Å². The van der Waals surface area contributed by atoms with Crippen molar-refractivity contribution in [2.24, 2.45) is 0 Å². The molecule has 0 spiro atoms. The molecule has 1 aromatic heterocycles. The molecule has 0 amide bonds. The number of nitrogens with two attached hydrogens (primary N) is 1. The van der Waals surface area contributed by atoms with Crippen molar-refractivity contribution in [3.63, 3.8) is 0 Å². The van der Waals surface area contributed by atoms with E-state index in [1.807, 2.05) is 0 Å². The summed E-state index contributed by atoms with van der Waals surface area (Å²) in [5.74, 6) is -0.137. The lowest BCUT2D eigenvalue weighted by molar-refractivity contribution is -0.384. The first kappa shape index (κ1) is 13.7. The van der Waals surface area contributed by atoms with Crippen LogP contribution in [0.3, 0.4) is 0 Å². The molecule has 0 aliphatic carbocycles. The van der Waals surface area contributed by atoms with Gasteiger partial charge in [0.25, 0.3) is 0 Å². The normalized spacial score (nSPS) is 11.9. The zero-order valence-corrected chi connectivity index (χ0v) is 10.7. The Balaban J connectivity index is 2.29. The first-order chi connectivity index (χ1) is 9.47. The van der Waals surface area contributed by atoms with Crippen LogP contribution in [0.15, 0.2) is 36.4 Å². The summed E-state index contributed by atoms with van der Waals surface area (Å²) in [5, 5.41) is 13.8. The molecule has 2 aromatic rings. The summed E-state index contributed by atoms with van der Waals surface area (Å²) < 4.78 is 13.2. The van der Waals surface area contributed by atoms with E-state index in [-0.39, 0.29) is 29.2 Å². The minimum absolute atomic E-state index is 0.0618. The quantitative estimate of drug-likeness (QED) is 0.661. The van der Waals surface area contributed by atoms with Crippen LogP contribution in [-0.2, 0) is 0 Å². The van der Waals surface area contributed by atoms with Crippen molar-refractivity contribution in [2.45, 2.75) is 13.0 Å². The number of nitrogen functional groups attached to an aromatic ring is 1. The number of hydrogen-bond acceptors (Lipinski definition) is 5. The number of anilines is 2. The van der Waals surface area contributed by atoms with Gasteiger partial charge in [0, 0.05) is 6.07 Å². The second kappa shape index (κ2) is 5.52. The number of nitrogens with one attached hydrogen (secondary N) is 1. The lowest BCUT2D eigenvalue weighted by Gasteiger charge is -2.15. The minimum atomic E-state index is -0.549. The fourth-order valence-corrected chi connectivity index (χ4v) is 1.78. The molecule has 0 saturated carbocycles. The minimum Gasteiger partial charge on any atom is -0.384 e. The van der Waals surface area contributed by atoms with Crippen LogP contribution in [0.25, 0.3) is 0 Å². The fourth-order valence-electron chi connectivity index (χ4n) is 1.78. The van der Waals surface area contributed by atoms with Crippen molar-refractivity contribution < 1.29 is 9.31 Å². The molecule has 2 rings (SSSR count). The van der Waals surface area contributed by atoms with Crippen LogP contribution in [0.5, 0.6) is 0 Å². The van der Waals surface area contributed by atoms with Gasteiger partial charge in [0.05, 0.1) is 11.0 Å². The number of nitrogens with zero attached hydrogens (tertiary/aromatic N) is 2. The number of nitro groups is 1. The number of halogens is 1. The van der Waals surface area contributed by atoms with Gasteiger partial charge in [-0.25, -0.2) is 9.37 Å². The average Bonchev–Trinajstić information content (AvgIpc) is 2.38. The number of aromatic nitrogens is 1. The SMILES string of the molecule is CC(Nc1nc(N)ccc1[N+](=O)[O-])c1cccc(F)c1. The molecule has 1 unspecified atom stereocenters. The van der Waals surface area contributed by atoms with Gasteiger partial charge in [-0.1, -0.05) is 12.1 Å². The summed E-state index contributed by atoms with van der Waals surface area (Å²) in [5.41, 5.74) is 6.01. The Labute approximate surface area is 114 Å². The van der Waals surface area contributed by atoms with Crippen molar-refractivity contribution in [1.29, 1.82) is 0 Å². The Morgan fingerprint density at radius 2 is 2.15 bits per heavy atom. The van der Waals surface area contributed by atoms with Gasteiger partial charge in [0.2, 0.25) is 5.82 Å². The van der Waals surface area contributed by atoms with Crippen molar-refractivity contribution >= 4 is 17.3 Å². The third-order valence-electron chi connectivity index (χ3n) is 2.79. The van der Waals surface area contributed by atoms with Gasteiger partial charge < -0.3 is 11.1 Å². The lowest BCUT2D eigenvalue weighted by atomic mass is 10.1. The van der Waals surface area contributed by atoms with Crippen LogP contribution in [0.1, 0.15) is 18.5 Å². The van der Waals surface area contributed by atoms with E-state index in [4.69, 9.17) is 5.73 Å². The van der Waals surface area contributed by atoms with E-state index in [1.165, 1.54) is 24.3 Å². The maximum Gasteiger partial charge on any atom is 0.311 e. The largest absolute Gasteiger partial charge is 0.384 e. The van der Waals surface area contributed by atoms with Crippen LogP contribution in [-0.4, -0.2) is 9.91 Å². The summed E-state index contributed by atoms with van der Waals surface area (Å²) in [6, 6.07) is 8.27. The van der Waals surface area contributed by atoms with Crippen molar-refractivity contribution in [2.75, 3.05) is 11.1 Å². The Bertz CT molecular complexity index is 648. The van der Waals surface area contributed by atoms with Gasteiger partial charge in [-0.3, -0.25) is 10.1 Å². The Morgan fingerprint density at radius 3 is 2.80 bits per heavy atom. The van der Waals surface area contributed by atoms with E-state index in [2.05, 4.69) is 10.3 Å². The third-order valence-corrected chi connectivity index (χ3v) is 2.79. The molecule has 0 radical (unpaired) electrons. The zero-order chi connectivity index (χ0) is 14.7. The highest BCUT2D eigenvalue weighted by molar-refractivity contribution is 5.60. The summed E-state index contributed by atoms with van der Waals surface area (Å²) in [6.45, 7) is 1.75. The standard InChI is InChI=1S/C13H13FN4O2/c1-8(9-3-2-4-10(14)7-9)16-13-11(18(19)20)5-6-12(15)17-13/h2-8H,1H3,(H3,15,16,17). The van der Waals surface area contributed by atoms with Gasteiger partial charge in [-0.2, -0.15) is 0 Å². The van der Waals surface area contributed by atoms with Crippen LogP contribution >= 0.6 is 0 Å². The van der Waals surface area contributed by atoms with E-state index >= 15 is 0 Å². The van der Waals surface area contributed by atoms with Crippen LogP contribution in [0.2, 0.25) is 0 Å². The van der Waals surface area contributed by atoms with Gasteiger partial charge in [-0.15, -0.1) is 0 Å². The van der Waals surface area contributed by atoms with Crippen LogP contribution < -0.4 is 11.1 Å². The molecular weight excluding hydrogens is 263 g/mol. The molecule has 0 bridgehead atoms. The Kier molecular flexibility index (Phi) is 3.79. The summed E-state index contributed by atoms with van der Waals surface area (Å²) in [6.07, 6.45) is 0. The average molecular weight is 276 g/mol. The van der Waals surface area contributed by atoms with Gasteiger partial charge >= 0.3 is 5.69 Å². The van der Waals surface area contributed by atoms with Crippen molar-refractivity contribution in [1.82, 2.24) is 4.98 Å². The van der Waals surface area contributed by atoms with E-state index in [0.29, 0.717) is 5.56 Å². The smallest absolute Gasteiger partial charge is 0.311 e. The molecule has 104 valence electrons. The molecule has 6 nitrogen and oxygen atoms in total. The first-order valence-electron chi connectivity index (χ1n) is 5.90. The predicted octanol–water partition coefficient (Wildman–Crippen LogP) is 2.88. The summed E-state index contributed by atoms with van der Waals surface area (Å²) in [4.78, 5) is 14.3. The van der Waals surface area contributed by atoms with Gasteiger partial charge in [0.1, 0.15) is 11.6 Å². The predicted molar refractivity (Wildman–Crippen MR) is 73.7 cm³/mol. The van der Waals surface area contributed by atoms with Crippen molar-refractivity contribution in [3.05, 3.63) is 57.9 Å². The fraction of sp³-hybridized carbons (Fsp3) is 0.154.